The van der Waals surface area contributed by atoms with Crippen LogP contribution >= 0.6 is 23.2 Å². The van der Waals surface area contributed by atoms with Crippen LogP contribution in [-0.2, 0) is 6.54 Å². The van der Waals surface area contributed by atoms with Gasteiger partial charge in [-0.15, -0.1) is 0 Å². The largest absolute Gasteiger partial charge is 0.398 e. The van der Waals surface area contributed by atoms with Gasteiger partial charge < -0.3 is 10.6 Å². The van der Waals surface area contributed by atoms with Crippen LogP contribution in [0.5, 0.6) is 0 Å². The number of nitrogens with zero attached hydrogens (tertiary/aromatic N) is 1. The second kappa shape index (κ2) is 6.83. The molecule has 2 aromatic rings. The highest BCUT2D eigenvalue weighted by molar-refractivity contribution is 6.31. The zero-order chi connectivity index (χ0) is 15.4. The van der Waals surface area contributed by atoms with Crippen LogP contribution < -0.4 is 5.73 Å². The van der Waals surface area contributed by atoms with E-state index < -0.39 is 0 Å². The topological polar surface area (TPSA) is 46.3 Å². The summed E-state index contributed by atoms with van der Waals surface area (Å²) in [5.41, 5.74) is 7.62. The average Bonchev–Trinajstić information content (AvgIpc) is 2.46. The van der Waals surface area contributed by atoms with Gasteiger partial charge in [-0.3, -0.25) is 4.79 Å². The van der Waals surface area contributed by atoms with E-state index in [1.54, 1.807) is 23.1 Å². The zero-order valence-electron chi connectivity index (χ0n) is 11.6. The lowest BCUT2D eigenvalue weighted by atomic mass is 10.1. The Bertz CT molecular complexity index is 658. The fourth-order valence-electron chi connectivity index (χ4n) is 2.06. The number of amides is 1. The molecule has 5 heteroatoms. The number of anilines is 1. The van der Waals surface area contributed by atoms with Crippen molar-refractivity contribution in [1.29, 1.82) is 0 Å². The van der Waals surface area contributed by atoms with Crippen molar-refractivity contribution < 1.29 is 4.79 Å². The molecule has 0 radical (unpaired) electrons. The Morgan fingerprint density at radius 3 is 2.52 bits per heavy atom. The molecule has 0 atom stereocenters. The lowest BCUT2D eigenvalue weighted by Crippen LogP contribution is -2.31. The summed E-state index contributed by atoms with van der Waals surface area (Å²) in [6, 6.07) is 12.4. The molecule has 2 N–H and O–H groups in total. The van der Waals surface area contributed by atoms with Gasteiger partial charge in [0.1, 0.15) is 0 Å². The van der Waals surface area contributed by atoms with Gasteiger partial charge >= 0.3 is 0 Å². The number of carbonyl (C=O) groups excluding carboxylic acids is 1. The predicted molar refractivity (Wildman–Crippen MR) is 87.7 cm³/mol. The molecule has 0 unspecified atom stereocenters. The van der Waals surface area contributed by atoms with E-state index in [0.29, 0.717) is 34.4 Å². The number of nitrogen functional groups attached to an aromatic ring is 1. The molecule has 2 aromatic carbocycles. The fraction of sp³-hybridized carbons (Fsp3) is 0.188. The van der Waals surface area contributed by atoms with Crippen LogP contribution in [0.1, 0.15) is 22.8 Å². The van der Waals surface area contributed by atoms with Gasteiger partial charge in [-0.25, -0.2) is 0 Å². The first-order valence-electron chi connectivity index (χ1n) is 6.60. The Morgan fingerprint density at radius 1 is 1.19 bits per heavy atom. The lowest BCUT2D eigenvalue weighted by molar-refractivity contribution is 0.0753. The van der Waals surface area contributed by atoms with Crippen molar-refractivity contribution in [3.63, 3.8) is 0 Å². The highest BCUT2D eigenvalue weighted by Crippen LogP contribution is 2.22. The van der Waals surface area contributed by atoms with Crippen molar-refractivity contribution in [2.24, 2.45) is 0 Å². The minimum atomic E-state index is -0.133. The van der Waals surface area contributed by atoms with Crippen LogP contribution in [0.4, 0.5) is 5.69 Å². The smallest absolute Gasteiger partial charge is 0.256 e. The third-order valence-corrected chi connectivity index (χ3v) is 3.84. The summed E-state index contributed by atoms with van der Waals surface area (Å²) in [5, 5.41) is 1.16. The molecule has 0 aliphatic rings. The molecular weight excluding hydrogens is 307 g/mol. The van der Waals surface area contributed by atoms with E-state index in [9.17, 15) is 4.79 Å². The Hall–Kier alpha value is -1.71. The third kappa shape index (κ3) is 3.69. The van der Waals surface area contributed by atoms with Crippen molar-refractivity contribution in [2.45, 2.75) is 13.5 Å². The Kier molecular flexibility index (Phi) is 5.10. The monoisotopic (exact) mass is 322 g/mol. The van der Waals surface area contributed by atoms with Gasteiger partial charge in [-0.1, -0.05) is 41.4 Å². The van der Waals surface area contributed by atoms with Crippen LogP contribution in [0.2, 0.25) is 10.0 Å². The second-order valence-electron chi connectivity index (χ2n) is 4.64. The van der Waals surface area contributed by atoms with Crippen molar-refractivity contribution in [3.05, 3.63) is 63.6 Å². The normalized spacial score (nSPS) is 10.4. The molecule has 1 amide bonds. The summed E-state index contributed by atoms with van der Waals surface area (Å²) >= 11 is 12.0. The quantitative estimate of drug-likeness (QED) is 0.856. The molecule has 21 heavy (non-hydrogen) atoms. The van der Waals surface area contributed by atoms with Gasteiger partial charge in [0.2, 0.25) is 0 Å². The standard InChI is InChI=1S/C16H16Cl2N2O/c1-2-20(10-11-5-3-4-6-14(11)18)16(21)13-8-7-12(17)9-15(13)19/h3-9H,2,10,19H2,1H3. The van der Waals surface area contributed by atoms with E-state index in [0.717, 1.165) is 5.56 Å². The van der Waals surface area contributed by atoms with Gasteiger partial charge in [-0.05, 0) is 36.8 Å². The summed E-state index contributed by atoms with van der Waals surface area (Å²) < 4.78 is 0. The van der Waals surface area contributed by atoms with E-state index in [1.165, 1.54) is 0 Å². The zero-order valence-corrected chi connectivity index (χ0v) is 13.2. The minimum Gasteiger partial charge on any atom is -0.398 e. The van der Waals surface area contributed by atoms with E-state index in [2.05, 4.69) is 0 Å². The van der Waals surface area contributed by atoms with Crippen molar-refractivity contribution in [1.82, 2.24) is 4.90 Å². The number of benzene rings is 2. The first-order valence-corrected chi connectivity index (χ1v) is 7.36. The maximum absolute atomic E-state index is 12.6. The molecule has 0 bridgehead atoms. The first kappa shape index (κ1) is 15.7. The summed E-state index contributed by atoms with van der Waals surface area (Å²) in [6.45, 7) is 2.92. The lowest BCUT2D eigenvalue weighted by Gasteiger charge is -2.22. The van der Waals surface area contributed by atoms with E-state index in [4.69, 9.17) is 28.9 Å². The fourth-order valence-corrected chi connectivity index (χ4v) is 2.43. The third-order valence-electron chi connectivity index (χ3n) is 3.23. The molecule has 0 aliphatic heterocycles. The van der Waals surface area contributed by atoms with Gasteiger partial charge in [0, 0.05) is 28.8 Å². The average molecular weight is 323 g/mol. The molecule has 0 aromatic heterocycles. The number of hydrogen-bond donors (Lipinski definition) is 1. The second-order valence-corrected chi connectivity index (χ2v) is 5.49. The highest BCUT2D eigenvalue weighted by Gasteiger charge is 2.18. The number of halogens is 2. The number of nitrogens with two attached hydrogens (primary N) is 1. The number of rotatable bonds is 4. The molecule has 0 aliphatic carbocycles. The van der Waals surface area contributed by atoms with E-state index in [1.807, 2.05) is 31.2 Å². The van der Waals surface area contributed by atoms with Crippen molar-refractivity contribution >= 4 is 34.8 Å². The highest BCUT2D eigenvalue weighted by atomic mass is 35.5. The number of carbonyl (C=O) groups is 1. The van der Waals surface area contributed by atoms with Crippen LogP contribution in [0.25, 0.3) is 0 Å². The SMILES string of the molecule is CCN(Cc1ccccc1Cl)C(=O)c1ccc(Cl)cc1N. The molecule has 2 rings (SSSR count). The van der Waals surface area contributed by atoms with Gasteiger partial charge in [0.15, 0.2) is 0 Å². The van der Waals surface area contributed by atoms with Gasteiger partial charge in [-0.2, -0.15) is 0 Å². The minimum absolute atomic E-state index is 0.133. The Balaban J connectivity index is 2.25. The van der Waals surface area contributed by atoms with Crippen molar-refractivity contribution in [3.8, 4) is 0 Å². The maximum Gasteiger partial charge on any atom is 0.256 e. The Morgan fingerprint density at radius 2 is 1.90 bits per heavy atom. The molecule has 0 fully saturated rings. The van der Waals surface area contributed by atoms with Crippen LogP contribution in [0.15, 0.2) is 42.5 Å². The molecule has 0 heterocycles. The molecule has 0 saturated heterocycles. The summed E-state index contributed by atoms with van der Waals surface area (Å²) in [4.78, 5) is 14.3. The summed E-state index contributed by atoms with van der Waals surface area (Å²) in [6.07, 6.45) is 0. The van der Waals surface area contributed by atoms with Crippen molar-refractivity contribution in [2.75, 3.05) is 12.3 Å². The van der Waals surface area contributed by atoms with Gasteiger partial charge in [0.25, 0.3) is 5.91 Å². The predicted octanol–water partition coefficient (Wildman–Crippen LogP) is 4.24. The van der Waals surface area contributed by atoms with Gasteiger partial charge in [0.05, 0.1) is 5.56 Å². The van der Waals surface area contributed by atoms with Crippen LogP contribution in [0.3, 0.4) is 0 Å². The maximum atomic E-state index is 12.6. The summed E-state index contributed by atoms with van der Waals surface area (Å²) in [5.74, 6) is -0.133. The molecule has 3 nitrogen and oxygen atoms in total. The van der Waals surface area contributed by atoms with E-state index >= 15 is 0 Å². The Labute approximate surface area is 134 Å². The summed E-state index contributed by atoms with van der Waals surface area (Å²) in [7, 11) is 0. The first-order chi connectivity index (χ1) is 10.0. The molecular formula is C16H16Cl2N2O. The van der Waals surface area contributed by atoms with E-state index in [-0.39, 0.29) is 5.91 Å². The number of hydrogen-bond acceptors (Lipinski definition) is 2. The molecule has 110 valence electrons. The van der Waals surface area contributed by atoms with Crippen LogP contribution in [0, 0.1) is 0 Å². The van der Waals surface area contributed by atoms with Crippen LogP contribution in [-0.4, -0.2) is 17.4 Å². The molecule has 0 spiro atoms. The molecule has 0 saturated carbocycles.